The highest BCUT2D eigenvalue weighted by Crippen LogP contribution is 2.33. The number of sulfonamides is 1. The van der Waals surface area contributed by atoms with Gasteiger partial charge in [-0.3, -0.25) is 10.1 Å². The summed E-state index contributed by atoms with van der Waals surface area (Å²) < 4.78 is 64.3. The fourth-order valence-electron chi connectivity index (χ4n) is 2.53. The van der Waals surface area contributed by atoms with Crippen LogP contribution in [0, 0.1) is 0 Å². The first kappa shape index (κ1) is 23.2. The lowest BCUT2D eigenvalue weighted by molar-refractivity contribution is -0.137. The minimum Gasteiger partial charge on any atom is -0.298 e. The van der Waals surface area contributed by atoms with E-state index < -0.39 is 27.7 Å². The molecule has 0 saturated heterocycles. The third-order valence-electron chi connectivity index (χ3n) is 4.17. The molecule has 0 radical (unpaired) electrons. The Bertz CT molecular complexity index is 1240. The van der Waals surface area contributed by atoms with Crippen LogP contribution < -0.4 is 5.32 Å². The third-order valence-corrected chi connectivity index (χ3v) is 7.07. The van der Waals surface area contributed by atoms with Crippen molar-refractivity contribution >= 4 is 44.0 Å². The van der Waals surface area contributed by atoms with Crippen LogP contribution in [0.4, 0.5) is 18.3 Å². The quantitative estimate of drug-likeness (QED) is 0.548. The zero-order chi connectivity index (χ0) is 23.0. The second-order valence-electron chi connectivity index (χ2n) is 6.50. The van der Waals surface area contributed by atoms with Crippen molar-refractivity contribution < 1.29 is 26.4 Å². The van der Waals surface area contributed by atoms with Gasteiger partial charge < -0.3 is 0 Å². The van der Waals surface area contributed by atoms with Crippen LogP contribution >= 0.6 is 22.9 Å². The molecule has 0 spiro atoms. The molecular weight excluding hydrogens is 475 g/mol. The highest BCUT2D eigenvalue weighted by Gasteiger charge is 2.30. The van der Waals surface area contributed by atoms with Gasteiger partial charge in [0.25, 0.3) is 5.91 Å². The third kappa shape index (κ3) is 5.06. The summed E-state index contributed by atoms with van der Waals surface area (Å²) in [5, 5.41) is 4.15. The van der Waals surface area contributed by atoms with Crippen LogP contribution in [0.3, 0.4) is 0 Å². The van der Waals surface area contributed by atoms with Crippen molar-refractivity contribution in [3.8, 4) is 11.3 Å². The van der Waals surface area contributed by atoms with Gasteiger partial charge in [0.2, 0.25) is 10.0 Å². The molecule has 3 rings (SSSR count). The zero-order valence-corrected chi connectivity index (χ0v) is 18.5. The predicted molar refractivity (Wildman–Crippen MR) is 113 cm³/mol. The Morgan fingerprint density at radius 3 is 2.52 bits per heavy atom. The first-order valence-electron chi connectivity index (χ1n) is 8.56. The van der Waals surface area contributed by atoms with Crippen LogP contribution in [0.15, 0.2) is 52.7 Å². The molecule has 1 aromatic heterocycles. The number of hydrogen-bond acceptors (Lipinski definition) is 5. The van der Waals surface area contributed by atoms with E-state index in [2.05, 4.69) is 10.3 Å². The highest BCUT2D eigenvalue weighted by atomic mass is 35.5. The normalized spacial score (nSPS) is 12.2. The van der Waals surface area contributed by atoms with Crippen LogP contribution in [0.5, 0.6) is 0 Å². The molecule has 1 heterocycles. The molecule has 6 nitrogen and oxygen atoms in total. The molecule has 1 N–H and O–H groups in total. The molecule has 31 heavy (non-hydrogen) atoms. The van der Waals surface area contributed by atoms with Gasteiger partial charge in [-0.1, -0.05) is 23.7 Å². The van der Waals surface area contributed by atoms with Crippen molar-refractivity contribution in [3.63, 3.8) is 0 Å². The van der Waals surface area contributed by atoms with E-state index in [1.807, 2.05) is 0 Å². The van der Waals surface area contributed by atoms with E-state index >= 15 is 0 Å². The Morgan fingerprint density at radius 2 is 1.87 bits per heavy atom. The van der Waals surface area contributed by atoms with Gasteiger partial charge in [0, 0.05) is 25.0 Å². The second kappa shape index (κ2) is 8.58. The number of nitrogens with one attached hydrogen (secondary N) is 1. The lowest BCUT2D eigenvalue weighted by Crippen LogP contribution is -2.23. The molecule has 0 saturated carbocycles. The molecule has 1 amide bonds. The summed E-state index contributed by atoms with van der Waals surface area (Å²) in [6.45, 7) is 0. The van der Waals surface area contributed by atoms with E-state index in [1.165, 1.54) is 43.7 Å². The fourth-order valence-corrected chi connectivity index (χ4v) is 4.38. The van der Waals surface area contributed by atoms with E-state index in [1.54, 1.807) is 0 Å². The van der Waals surface area contributed by atoms with Crippen molar-refractivity contribution in [2.75, 3.05) is 19.4 Å². The largest absolute Gasteiger partial charge is 0.416 e. The molecule has 0 aliphatic rings. The molecule has 12 heteroatoms. The average Bonchev–Trinajstić information content (AvgIpc) is 3.16. The van der Waals surface area contributed by atoms with E-state index in [-0.39, 0.29) is 31.9 Å². The van der Waals surface area contributed by atoms with Crippen LogP contribution in [0.2, 0.25) is 5.02 Å². The van der Waals surface area contributed by atoms with E-state index in [9.17, 15) is 26.4 Å². The first-order valence-corrected chi connectivity index (χ1v) is 11.3. The monoisotopic (exact) mass is 489 g/mol. The van der Waals surface area contributed by atoms with Gasteiger partial charge in [-0.25, -0.2) is 17.7 Å². The number of benzene rings is 2. The topological polar surface area (TPSA) is 79.4 Å². The Labute approximate surface area is 185 Å². The number of halogens is 4. The second-order valence-corrected chi connectivity index (χ2v) is 9.92. The van der Waals surface area contributed by atoms with Gasteiger partial charge >= 0.3 is 6.18 Å². The maximum absolute atomic E-state index is 12.9. The van der Waals surface area contributed by atoms with Crippen molar-refractivity contribution in [3.05, 3.63) is 64.0 Å². The number of carbonyl (C=O) groups is 1. The van der Waals surface area contributed by atoms with Crippen LogP contribution in [-0.2, 0) is 16.2 Å². The van der Waals surface area contributed by atoms with Crippen LogP contribution in [0.1, 0.15) is 15.9 Å². The molecule has 0 atom stereocenters. The molecule has 3 aromatic rings. The number of rotatable bonds is 5. The Balaban J connectivity index is 1.86. The molecular formula is C19H15ClF3N3O3S2. The molecule has 0 fully saturated rings. The van der Waals surface area contributed by atoms with E-state index in [4.69, 9.17) is 11.6 Å². The Morgan fingerprint density at radius 1 is 1.16 bits per heavy atom. The van der Waals surface area contributed by atoms with E-state index in [0.29, 0.717) is 0 Å². The summed E-state index contributed by atoms with van der Waals surface area (Å²) in [4.78, 5) is 16.7. The number of nitrogens with zero attached hydrogens (tertiary/aromatic N) is 2. The Hall–Kier alpha value is -2.47. The zero-order valence-electron chi connectivity index (χ0n) is 16.1. The molecule has 0 aliphatic carbocycles. The van der Waals surface area contributed by atoms with Crippen LogP contribution in [-0.4, -0.2) is 37.7 Å². The highest BCUT2D eigenvalue weighted by molar-refractivity contribution is 7.89. The van der Waals surface area contributed by atoms with Crippen molar-refractivity contribution in [1.29, 1.82) is 0 Å². The minimum absolute atomic E-state index is 0.0323. The summed E-state index contributed by atoms with van der Waals surface area (Å²) >= 11 is 7.06. The summed E-state index contributed by atoms with van der Waals surface area (Å²) in [5.41, 5.74) is -0.403. The van der Waals surface area contributed by atoms with Gasteiger partial charge in [0.05, 0.1) is 26.7 Å². The first-order chi connectivity index (χ1) is 14.4. The number of thiazole rings is 1. The van der Waals surface area contributed by atoms with Gasteiger partial charge in [-0.05, 0) is 30.3 Å². The number of amides is 1. The number of aromatic nitrogens is 1. The van der Waals surface area contributed by atoms with Gasteiger partial charge in [0.1, 0.15) is 0 Å². The predicted octanol–water partition coefficient (Wildman–Crippen LogP) is 4.98. The molecule has 0 aliphatic heterocycles. The number of carbonyl (C=O) groups excluding carboxylic acids is 1. The minimum atomic E-state index is -4.49. The summed E-state index contributed by atoms with van der Waals surface area (Å²) in [6.07, 6.45) is -4.49. The maximum atomic E-state index is 12.9. The van der Waals surface area contributed by atoms with Crippen molar-refractivity contribution in [2.24, 2.45) is 0 Å². The smallest absolute Gasteiger partial charge is 0.298 e. The lowest BCUT2D eigenvalue weighted by Gasteiger charge is -2.13. The molecule has 2 aromatic carbocycles. The number of alkyl halides is 3. The van der Waals surface area contributed by atoms with Crippen molar-refractivity contribution in [2.45, 2.75) is 11.1 Å². The molecule has 0 unspecified atom stereocenters. The van der Waals surface area contributed by atoms with E-state index in [0.717, 1.165) is 33.8 Å². The molecule has 0 bridgehead atoms. The van der Waals surface area contributed by atoms with Gasteiger partial charge in [-0.2, -0.15) is 13.2 Å². The standard InChI is InChI=1S/C19H15ClF3N3O3S2/c1-26(2)31(28,29)13-6-7-15(20)14(9-13)17(27)25-18-24-16(10-30-18)11-4-3-5-12(8-11)19(21,22)23/h3-10H,1-2H3,(H,24,25,27). The summed E-state index contributed by atoms with van der Waals surface area (Å²) in [6, 6.07) is 8.39. The average molecular weight is 490 g/mol. The van der Waals surface area contributed by atoms with Gasteiger partial charge in [-0.15, -0.1) is 11.3 Å². The van der Waals surface area contributed by atoms with Crippen molar-refractivity contribution in [1.82, 2.24) is 9.29 Å². The molecule has 164 valence electrons. The van der Waals surface area contributed by atoms with Crippen LogP contribution in [0.25, 0.3) is 11.3 Å². The maximum Gasteiger partial charge on any atom is 0.416 e. The summed E-state index contributed by atoms with van der Waals surface area (Å²) in [7, 11) is -1.07. The number of hydrogen-bond donors (Lipinski definition) is 1. The lowest BCUT2D eigenvalue weighted by atomic mass is 10.1. The summed E-state index contributed by atoms with van der Waals surface area (Å²) in [5.74, 6) is -0.703. The SMILES string of the molecule is CN(C)S(=O)(=O)c1ccc(Cl)c(C(=O)Nc2nc(-c3cccc(C(F)(F)F)c3)cs2)c1. The fraction of sp³-hybridized carbons (Fsp3) is 0.158. The number of anilines is 1. The van der Waals surface area contributed by atoms with Gasteiger partial charge in [0.15, 0.2) is 5.13 Å². The Kier molecular flexibility index (Phi) is 6.42.